The molecule has 1 rings (SSSR count). The van der Waals surface area contributed by atoms with Crippen molar-refractivity contribution in [3.8, 4) is 11.8 Å². The van der Waals surface area contributed by atoms with E-state index in [2.05, 4.69) is 17.2 Å². The summed E-state index contributed by atoms with van der Waals surface area (Å²) >= 11 is 0. The Balaban J connectivity index is 2.05. The highest BCUT2D eigenvalue weighted by Crippen LogP contribution is 2.04. The molecule has 0 aromatic heterocycles. The van der Waals surface area contributed by atoms with Gasteiger partial charge in [-0.05, 0) is 12.8 Å². The van der Waals surface area contributed by atoms with Gasteiger partial charge >= 0.3 is 0 Å². The van der Waals surface area contributed by atoms with Crippen molar-refractivity contribution in [1.82, 2.24) is 5.32 Å². The Morgan fingerprint density at radius 1 is 1.50 bits per heavy atom. The smallest absolute Gasteiger partial charge is 0.104 e. The van der Waals surface area contributed by atoms with E-state index < -0.39 is 0 Å². The minimum Gasteiger partial charge on any atom is -0.384 e. The first-order valence-corrected chi connectivity index (χ1v) is 4.31. The molecule has 1 heterocycles. The Bertz CT molecular complexity index is 165. The van der Waals surface area contributed by atoms with Crippen LogP contribution in [0.4, 0.5) is 0 Å². The lowest BCUT2D eigenvalue weighted by Gasteiger charge is -2.21. The molecule has 3 nitrogen and oxygen atoms in total. The molecular formula is C9H15NO2. The van der Waals surface area contributed by atoms with Crippen LogP contribution in [0.25, 0.3) is 0 Å². The average Bonchev–Trinajstić information content (AvgIpc) is 2.14. The van der Waals surface area contributed by atoms with Crippen LogP contribution in [0, 0.1) is 11.8 Å². The van der Waals surface area contributed by atoms with Crippen LogP contribution in [0.5, 0.6) is 0 Å². The largest absolute Gasteiger partial charge is 0.384 e. The highest BCUT2D eigenvalue weighted by molar-refractivity contribution is 5.00. The molecule has 2 N–H and O–H groups in total. The van der Waals surface area contributed by atoms with E-state index in [0.29, 0.717) is 12.6 Å². The zero-order valence-electron chi connectivity index (χ0n) is 7.18. The molecule has 1 atom stereocenters. The van der Waals surface area contributed by atoms with Crippen LogP contribution in [0.3, 0.4) is 0 Å². The lowest BCUT2D eigenvalue weighted by Crippen LogP contribution is -2.36. The molecule has 0 spiro atoms. The van der Waals surface area contributed by atoms with E-state index in [4.69, 9.17) is 9.84 Å². The second-order valence-corrected chi connectivity index (χ2v) is 2.81. The van der Waals surface area contributed by atoms with Crippen LogP contribution in [-0.4, -0.2) is 37.5 Å². The number of rotatable bonds is 2. The fourth-order valence-corrected chi connectivity index (χ4v) is 1.22. The Morgan fingerprint density at radius 2 is 2.42 bits per heavy atom. The molecule has 0 aliphatic carbocycles. The van der Waals surface area contributed by atoms with E-state index in [-0.39, 0.29) is 6.61 Å². The Labute approximate surface area is 73.1 Å². The standard InChI is InChI=1S/C9H15NO2/c11-6-2-1-5-10-9-4-3-7-12-8-9/h9-11H,3-8H2. The molecule has 3 heteroatoms. The third kappa shape index (κ3) is 3.72. The third-order valence-electron chi connectivity index (χ3n) is 1.84. The van der Waals surface area contributed by atoms with E-state index in [1.165, 1.54) is 6.42 Å². The zero-order valence-corrected chi connectivity index (χ0v) is 7.18. The van der Waals surface area contributed by atoms with Crippen LogP contribution in [0.15, 0.2) is 0 Å². The summed E-state index contributed by atoms with van der Waals surface area (Å²) in [6, 6.07) is 0.451. The molecule has 12 heavy (non-hydrogen) atoms. The third-order valence-corrected chi connectivity index (χ3v) is 1.84. The summed E-state index contributed by atoms with van der Waals surface area (Å²) in [6.07, 6.45) is 2.30. The first-order chi connectivity index (χ1) is 5.93. The maximum atomic E-state index is 8.38. The summed E-state index contributed by atoms with van der Waals surface area (Å²) < 4.78 is 5.28. The van der Waals surface area contributed by atoms with Crippen molar-refractivity contribution in [3.05, 3.63) is 0 Å². The Morgan fingerprint density at radius 3 is 3.08 bits per heavy atom. The van der Waals surface area contributed by atoms with Gasteiger partial charge in [0, 0.05) is 12.6 Å². The van der Waals surface area contributed by atoms with Gasteiger partial charge in [0.25, 0.3) is 0 Å². The SMILES string of the molecule is OCC#CCNC1CCCOC1. The Kier molecular flexibility index (Phi) is 4.77. The minimum absolute atomic E-state index is 0.0527. The molecule has 0 saturated carbocycles. The van der Waals surface area contributed by atoms with Gasteiger partial charge in [-0.25, -0.2) is 0 Å². The van der Waals surface area contributed by atoms with Crippen molar-refractivity contribution in [3.63, 3.8) is 0 Å². The van der Waals surface area contributed by atoms with Gasteiger partial charge in [0.15, 0.2) is 0 Å². The monoisotopic (exact) mass is 169 g/mol. The molecule has 0 bridgehead atoms. The summed E-state index contributed by atoms with van der Waals surface area (Å²) in [5, 5.41) is 11.6. The van der Waals surface area contributed by atoms with Crippen molar-refractivity contribution >= 4 is 0 Å². The van der Waals surface area contributed by atoms with Gasteiger partial charge in [-0.2, -0.15) is 0 Å². The van der Waals surface area contributed by atoms with Crippen molar-refractivity contribution < 1.29 is 9.84 Å². The molecule has 1 aliphatic heterocycles. The normalized spacial score (nSPS) is 22.9. The molecule has 0 aromatic rings. The van der Waals surface area contributed by atoms with Gasteiger partial charge in [0.05, 0.1) is 13.2 Å². The average molecular weight is 169 g/mol. The quantitative estimate of drug-likeness (QED) is 0.560. The summed E-state index contributed by atoms with van der Waals surface area (Å²) in [7, 11) is 0. The van der Waals surface area contributed by atoms with Gasteiger partial charge in [-0.3, -0.25) is 0 Å². The van der Waals surface area contributed by atoms with Gasteiger partial charge < -0.3 is 15.2 Å². The Hall–Kier alpha value is -0.560. The van der Waals surface area contributed by atoms with Gasteiger partial charge in [-0.15, -0.1) is 0 Å². The molecule has 1 fully saturated rings. The number of hydrogen-bond donors (Lipinski definition) is 2. The second-order valence-electron chi connectivity index (χ2n) is 2.81. The molecule has 0 radical (unpaired) electrons. The molecule has 1 aliphatic rings. The molecule has 1 saturated heterocycles. The summed E-state index contributed by atoms with van der Waals surface area (Å²) in [5.74, 6) is 5.41. The first-order valence-electron chi connectivity index (χ1n) is 4.31. The number of nitrogens with one attached hydrogen (secondary N) is 1. The number of ether oxygens (including phenoxy) is 1. The van der Waals surface area contributed by atoms with E-state index in [1.807, 2.05) is 0 Å². The first kappa shape index (κ1) is 9.53. The number of aliphatic hydroxyl groups excluding tert-OH is 1. The number of hydrogen-bond acceptors (Lipinski definition) is 3. The highest BCUT2D eigenvalue weighted by Gasteiger charge is 2.11. The van der Waals surface area contributed by atoms with Gasteiger partial charge in [0.1, 0.15) is 6.61 Å². The second kappa shape index (κ2) is 6.01. The van der Waals surface area contributed by atoms with Crippen LogP contribution in [-0.2, 0) is 4.74 Å². The van der Waals surface area contributed by atoms with Crippen LogP contribution < -0.4 is 5.32 Å². The van der Waals surface area contributed by atoms with Crippen LogP contribution >= 0.6 is 0 Å². The van der Waals surface area contributed by atoms with E-state index in [9.17, 15) is 0 Å². The minimum atomic E-state index is -0.0527. The lowest BCUT2D eigenvalue weighted by molar-refractivity contribution is 0.0719. The lowest BCUT2D eigenvalue weighted by atomic mass is 10.1. The molecule has 68 valence electrons. The van der Waals surface area contributed by atoms with Crippen molar-refractivity contribution in [2.75, 3.05) is 26.4 Å². The molecule has 0 aromatic carbocycles. The predicted octanol–water partition coefficient (Wildman–Crippen LogP) is -0.249. The molecular weight excluding hydrogens is 154 g/mol. The van der Waals surface area contributed by atoms with Crippen molar-refractivity contribution in [2.45, 2.75) is 18.9 Å². The number of aliphatic hydroxyl groups is 1. The predicted molar refractivity (Wildman–Crippen MR) is 46.7 cm³/mol. The van der Waals surface area contributed by atoms with Gasteiger partial charge in [-0.1, -0.05) is 11.8 Å². The van der Waals surface area contributed by atoms with E-state index in [1.54, 1.807) is 0 Å². The van der Waals surface area contributed by atoms with E-state index in [0.717, 1.165) is 19.6 Å². The summed E-state index contributed by atoms with van der Waals surface area (Å²) in [6.45, 7) is 2.28. The fourth-order valence-electron chi connectivity index (χ4n) is 1.22. The van der Waals surface area contributed by atoms with E-state index >= 15 is 0 Å². The molecule has 1 unspecified atom stereocenters. The highest BCUT2D eigenvalue weighted by atomic mass is 16.5. The van der Waals surface area contributed by atoms with Crippen molar-refractivity contribution in [1.29, 1.82) is 0 Å². The summed E-state index contributed by atoms with van der Waals surface area (Å²) in [5.41, 5.74) is 0. The van der Waals surface area contributed by atoms with Gasteiger partial charge in [0.2, 0.25) is 0 Å². The van der Waals surface area contributed by atoms with Crippen LogP contribution in [0.2, 0.25) is 0 Å². The summed E-state index contributed by atoms with van der Waals surface area (Å²) in [4.78, 5) is 0. The fraction of sp³-hybridized carbons (Fsp3) is 0.778. The molecule has 0 amide bonds. The maximum absolute atomic E-state index is 8.38. The maximum Gasteiger partial charge on any atom is 0.104 e. The topological polar surface area (TPSA) is 41.5 Å². The zero-order chi connectivity index (χ0) is 8.65. The van der Waals surface area contributed by atoms with Crippen LogP contribution in [0.1, 0.15) is 12.8 Å². The van der Waals surface area contributed by atoms with Crippen molar-refractivity contribution in [2.24, 2.45) is 0 Å².